The highest BCUT2D eigenvalue weighted by molar-refractivity contribution is 5.86. The third-order valence-electron chi connectivity index (χ3n) is 3.23. The lowest BCUT2D eigenvalue weighted by atomic mass is 10.00. The Morgan fingerprint density at radius 2 is 2.12 bits per heavy atom. The molecule has 0 aliphatic carbocycles. The van der Waals surface area contributed by atoms with Gasteiger partial charge in [-0.15, -0.1) is 0 Å². The highest BCUT2D eigenvalue weighted by Crippen LogP contribution is 2.22. The lowest BCUT2D eigenvalue weighted by Gasteiger charge is -2.30. The van der Waals surface area contributed by atoms with Gasteiger partial charge in [0.1, 0.15) is 5.84 Å². The molecule has 2 nitrogen and oxygen atoms in total. The molecule has 2 heteroatoms. The van der Waals surface area contributed by atoms with Crippen LogP contribution in [-0.2, 0) is 0 Å². The molecule has 1 aliphatic heterocycles. The van der Waals surface area contributed by atoms with Crippen LogP contribution in [0.4, 0.5) is 0 Å². The summed E-state index contributed by atoms with van der Waals surface area (Å²) in [6.07, 6.45) is 7.41. The minimum atomic E-state index is 0.515. The molecule has 0 saturated heterocycles. The number of hydrogen-bond acceptors (Lipinski definition) is 2. The van der Waals surface area contributed by atoms with Crippen LogP contribution in [-0.4, -0.2) is 24.3 Å². The van der Waals surface area contributed by atoms with Gasteiger partial charge in [0.15, 0.2) is 0 Å². The van der Waals surface area contributed by atoms with Crippen molar-refractivity contribution >= 4 is 5.84 Å². The maximum atomic E-state index is 4.72. The van der Waals surface area contributed by atoms with Gasteiger partial charge in [0.25, 0.3) is 0 Å². The molecule has 17 heavy (non-hydrogen) atoms. The summed E-state index contributed by atoms with van der Waals surface area (Å²) in [5, 5.41) is 0. The molecule has 94 valence electrons. The molecule has 0 fully saturated rings. The smallest absolute Gasteiger partial charge is 0.108 e. The molecule has 0 N–H and O–H groups in total. The Bertz CT molecular complexity index is 350. The SMILES string of the molecule is C=CC1=C(C=C)N=C(C(C)CCCC)N(C)C1. The van der Waals surface area contributed by atoms with Crippen molar-refractivity contribution in [3.05, 3.63) is 36.6 Å². The van der Waals surface area contributed by atoms with Crippen molar-refractivity contribution < 1.29 is 0 Å². The van der Waals surface area contributed by atoms with E-state index in [1.54, 1.807) is 0 Å². The Balaban J connectivity index is 2.90. The van der Waals surface area contributed by atoms with Gasteiger partial charge >= 0.3 is 0 Å². The first-order chi connectivity index (χ1) is 8.13. The van der Waals surface area contributed by atoms with E-state index in [-0.39, 0.29) is 0 Å². The first-order valence-corrected chi connectivity index (χ1v) is 6.41. The van der Waals surface area contributed by atoms with Crippen molar-refractivity contribution in [3.63, 3.8) is 0 Å². The maximum absolute atomic E-state index is 4.72. The first kappa shape index (κ1) is 13.8. The Hall–Kier alpha value is -1.31. The fourth-order valence-corrected chi connectivity index (χ4v) is 2.17. The number of aliphatic imine (C=N–C) groups is 1. The summed E-state index contributed by atoms with van der Waals surface area (Å²) >= 11 is 0. The summed E-state index contributed by atoms with van der Waals surface area (Å²) in [4.78, 5) is 6.95. The summed E-state index contributed by atoms with van der Waals surface area (Å²) < 4.78 is 0. The second kappa shape index (κ2) is 6.43. The molecule has 1 unspecified atom stereocenters. The predicted octanol–water partition coefficient (Wildman–Crippen LogP) is 3.78. The van der Waals surface area contributed by atoms with Crippen LogP contribution in [0.15, 0.2) is 41.6 Å². The summed E-state index contributed by atoms with van der Waals surface area (Å²) in [5.41, 5.74) is 2.14. The van der Waals surface area contributed by atoms with Gasteiger partial charge in [-0.05, 0) is 18.1 Å². The van der Waals surface area contributed by atoms with Crippen LogP contribution in [0.1, 0.15) is 33.1 Å². The van der Waals surface area contributed by atoms with Crippen molar-refractivity contribution in [1.29, 1.82) is 0 Å². The Morgan fingerprint density at radius 1 is 1.41 bits per heavy atom. The van der Waals surface area contributed by atoms with E-state index < -0.39 is 0 Å². The highest BCUT2D eigenvalue weighted by atomic mass is 15.2. The van der Waals surface area contributed by atoms with Gasteiger partial charge < -0.3 is 4.90 Å². The van der Waals surface area contributed by atoms with E-state index in [2.05, 4.69) is 39.0 Å². The van der Waals surface area contributed by atoms with Gasteiger partial charge in [-0.1, -0.05) is 45.9 Å². The first-order valence-electron chi connectivity index (χ1n) is 6.41. The van der Waals surface area contributed by atoms with E-state index in [0.717, 1.165) is 17.8 Å². The molecule has 1 heterocycles. The third-order valence-corrected chi connectivity index (χ3v) is 3.23. The van der Waals surface area contributed by atoms with Gasteiger partial charge in [-0.2, -0.15) is 0 Å². The van der Waals surface area contributed by atoms with Crippen LogP contribution in [0.3, 0.4) is 0 Å². The van der Waals surface area contributed by atoms with Crippen molar-refractivity contribution in [1.82, 2.24) is 4.90 Å². The standard InChI is InChI=1S/C15H24N2/c1-6-9-10-12(4)15-16-14(8-3)13(7-2)11-17(15)5/h7-8,12H,2-3,6,9-11H2,1,4-5H3. The van der Waals surface area contributed by atoms with E-state index in [1.807, 2.05) is 12.2 Å². The van der Waals surface area contributed by atoms with Crippen LogP contribution in [0.2, 0.25) is 0 Å². The number of unbranched alkanes of at least 4 members (excludes halogenated alkanes) is 1. The quantitative estimate of drug-likeness (QED) is 0.680. The summed E-state index contributed by atoms with van der Waals surface area (Å²) in [7, 11) is 2.10. The summed E-state index contributed by atoms with van der Waals surface area (Å²) in [6, 6.07) is 0. The van der Waals surface area contributed by atoms with Gasteiger partial charge in [-0.25, -0.2) is 4.99 Å². The maximum Gasteiger partial charge on any atom is 0.108 e. The monoisotopic (exact) mass is 232 g/mol. The number of likely N-dealkylation sites (N-methyl/N-ethyl adjacent to an activating group) is 1. The molecule has 0 saturated carbocycles. The van der Waals surface area contributed by atoms with E-state index in [9.17, 15) is 0 Å². The minimum absolute atomic E-state index is 0.515. The van der Waals surface area contributed by atoms with Gasteiger partial charge in [0.2, 0.25) is 0 Å². The van der Waals surface area contributed by atoms with E-state index in [1.165, 1.54) is 25.1 Å². The Kier molecular flexibility index (Phi) is 5.20. The van der Waals surface area contributed by atoms with Crippen molar-refractivity contribution in [2.24, 2.45) is 10.9 Å². The molecule has 0 aromatic heterocycles. The van der Waals surface area contributed by atoms with Crippen molar-refractivity contribution in [2.45, 2.75) is 33.1 Å². The van der Waals surface area contributed by atoms with Gasteiger partial charge in [0, 0.05) is 19.5 Å². The molecule has 0 spiro atoms. The highest BCUT2D eigenvalue weighted by Gasteiger charge is 2.20. The zero-order valence-corrected chi connectivity index (χ0v) is 11.4. The Morgan fingerprint density at radius 3 is 2.65 bits per heavy atom. The molecular formula is C15H24N2. The molecule has 1 rings (SSSR count). The zero-order chi connectivity index (χ0) is 12.8. The molecule has 1 aliphatic rings. The largest absolute Gasteiger partial charge is 0.358 e. The summed E-state index contributed by atoms with van der Waals surface area (Å²) in [5.74, 6) is 1.69. The second-order valence-electron chi connectivity index (χ2n) is 4.69. The Labute approximate surface area is 105 Å². The van der Waals surface area contributed by atoms with Crippen molar-refractivity contribution in [3.8, 4) is 0 Å². The van der Waals surface area contributed by atoms with Crippen molar-refractivity contribution in [2.75, 3.05) is 13.6 Å². The van der Waals surface area contributed by atoms with E-state index >= 15 is 0 Å². The summed E-state index contributed by atoms with van der Waals surface area (Å²) in [6.45, 7) is 13.0. The van der Waals surface area contributed by atoms with Crippen LogP contribution in [0.25, 0.3) is 0 Å². The molecule has 0 radical (unpaired) electrons. The fourth-order valence-electron chi connectivity index (χ4n) is 2.17. The van der Waals surface area contributed by atoms with Crippen LogP contribution < -0.4 is 0 Å². The molecule has 1 atom stereocenters. The fraction of sp³-hybridized carbons (Fsp3) is 0.533. The predicted molar refractivity (Wildman–Crippen MR) is 76.2 cm³/mol. The molecule has 0 bridgehead atoms. The number of allylic oxidation sites excluding steroid dienone is 1. The lowest BCUT2D eigenvalue weighted by molar-refractivity contribution is 0.481. The third kappa shape index (κ3) is 3.32. The lowest BCUT2D eigenvalue weighted by Crippen LogP contribution is -2.36. The van der Waals surface area contributed by atoms with Crippen LogP contribution >= 0.6 is 0 Å². The average Bonchev–Trinajstić information content (AvgIpc) is 2.35. The molecule has 0 amide bonds. The molecule has 0 aromatic carbocycles. The molecular weight excluding hydrogens is 208 g/mol. The minimum Gasteiger partial charge on any atom is -0.358 e. The molecule has 0 aromatic rings. The number of amidine groups is 1. The number of rotatable bonds is 6. The zero-order valence-electron chi connectivity index (χ0n) is 11.4. The van der Waals surface area contributed by atoms with E-state index in [4.69, 9.17) is 4.99 Å². The van der Waals surface area contributed by atoms with Crippen LogP contribution in [0.5, 0.6) is 0 Å². The number of hydrogen-bond donors (Lipinski definition) is 0. The van der Waals surface area contributed by atoms with Gasteiger partial charge in [-0.3, -0.25) is 0 Å². The topological polar surface area (TPSA) is 15.6 Å². The number of nitrogens with zero attached hydrogens (tertiary/aromatic N) is 2. The second-order valence-corrected chi connectivity index (χ2v) is 4.69. The van der Waals surface area contributed by atoms with Crippen LogP contribution in [0, 0.1) is 5.92 Å². The average molecular weight is 232 g/mol. The van der Waals surface area contributed by atoms with Gasteiger partial charge in [0.05, 0.1) is 5.70 Å². The normalized spacial score (nSPS) is 17.8. The van der Waals surface area contributed by atoms with E-state index in [0.29, 0.717) is 5.92 Å².